The Kier molecular flexibility index (Phi) is 3.77. The third-order valence-corrected chi connectivity index (χ3v) is 2.28. The highest BCUT2D eigenvalue weighted by atomic mass is 16.4. The zero-order chi connectivity index (χ0) is 11.4. The van der Waals surface area contributed by atoms with Gasteiger partial charge in [-0.15, -0.1) is 0 Å². The molecule has 0 saturated carbocycles. The van der Waals surface area contributed by atoms with Gasteiger partial charge in [-0.1, -0.05) is 13.3 Å². The lowest BCUT2D eigenvalue weighted by atomic mass is 10.1. The minimum Gasteiger partial charge on any atom is -0.478 e. The van der Waals surface area contributed by atoms with E-state index < -0.39 is 5.97 Å². The van der Waals surface area contributed by atoms with E-state index in [-0.39, 0.29) is 5.56 Å². The first-order valence-corrected chi connectivity index (χ1v) is 5.13. The Morgan fingerprint density at radius 2 is 1.80 bits per heavy atom. The average Bonchev–Trinajstić information content (AvgIpc) is 2.12. The molecular formula is C11H16N2O2. The van der Waals surface area contributed by atoms with E-state index in [1.165, 1.54) is 0 Å². The van der Waals surface area contributed by atoms with Crippen LogP contribution < -0.4 is 0 Å². The smallest absolute Gasteiger partial charge is 0.339 e. The first kappa shape index (κ1) is 11.6. The normalized spacial score (nSPS) is 10.3. The molecule has 4 nitrogen and oxygen atoms in total. The van der Waals surface area contributed by atoms with Gasteiger partial charge < -0.3 is 5.11 Å². The second-order valence-electron chi connectivity index (χ2n) is 3.59. The van der Waals surface area contributed by atoms with Crippen molar-refractivity contribution >= 4 is 5.97 Å². The topological polar surface area (TPSA) is 63.1 Å². The molecule has 0 bridgehead atoms. The summed E-state index contributed by atoms with van der Waals surface area (Å²) < 4.78 is 0. The summed E-state index contributed by atoms with van der Waals surface area (Å²) in [5.74, 6) is -0.205. The standard InChI is InChI=1S/C11H16N2O2/c1-4-5-6-9-12-7(2)10(11(14)15)8(3)13-9/h4-6H2,1-3H3,(H,14,15). The number of aryl methyl sites for hydroxylation is 3. The minimum atomic E-state index is -0.952. The van der Waals surface area contributed by atoms with Gasteiger partial charge in [-0.2, -0.15) is 0 Å². The minimum absolute atomic E-state index is 0.232. The summed E-state index contributed by atoms with van der Waals surface area (Å²) >= 11 is 0. The molecule has 0 amide bonds. The highest BCUT2D eigenvalue weighted by molar-refractivity contribution is 5.89. The quantitative estimate of drug-likeness (QED) is 0.823. The SMILES string of the molecule is CCCCc1nc(C)c(C(=O)O)c(C)n1. The van der Waals surface area contributed by atoms with Crippen molar-refractivity contribution < 1.29 is 9.90 Å². The van der Waals surface area contributed by atoms with E-state index in [1.54, 1.807) is 13.8 Å². The van der Waals surface area contributed by atoms with E-state index in [9.17, 15) is 4.79 Å². The molecular weight excluding hydrogens is 192 g/mol. The molecule has 0 aliphatic heterocycles. The largest absolute Gasteiger partial charge is 0.478 e. The van der Waals surface area contributed by atoms with Gasteiger partial charge in [0, 0.05) is 6.42 Å². The van der Waals surface area contributed by atoms with Gasteiger partial charge in [0.2, 0.25) is 0 Å². The Balaban J connectivity index is 3.03. The molecule has 1 aromatic heterocycles. The van der Waals surface area contributed by atoms with Crippen molar-refractivity contribution in [3.63, 3.8) is 0 Å². The molecule has 0 radical (unpaired) electrons. The highest BCUT2D eigenvalue weighted by Crippen LogP contribution is 2.11. The third-order valence-electron chi connectivity index (χ3n) is 2.28. The summed E-state index contributed by atoms with van der Waals surface area (Å²) in [7, 11) is 0. The fraction of sp³-hybridized carbons (Fsp3) is 0.545. The zero-order valence-electron chi connectivity index (χ0n) is 9.37. The van der Waals surface area contributed by atoms with E-state index in [2.05, 4.69) is 16.9 Å². The second-order valence-corrected chi connectivity index (χ2v) is 3.59. The lowest BCUT2D eigenvalue weighted by molar-refractivity contribution is 0.0694. The average molecular weight is 208 g/mol. The van der Waals surface area contributed by atoms with Gasteiger partial charge in [0.1, 0.15) is 11.4 Å². The predicted octanol–water partition coefficient (Wildman–Crippen LogP) is 2.13. The van der Waals surface area contributed by atoms with Gasteiger partial charge in [-0.05, 0) is 20.3 Å². The molecule has 15 heavy (non-hydrogen) atoms. The van der Waals surface area contributed by atoms with Gasteiger partial charge in [0.15, 0.2) is 0 Å². The number of aromatic nitrogens is 2. The van der Waals surface area contributed by atoms with Crippen LogP contribution in [0.25, 0.3) is 0 Å². The van der Waals surface area contributed by atoms with Gasteiger partial charge >= 0.3 is 5.97 Å². The van der Waals surface area contributed by atoms with Crippen LogP contribution in [-0.4, -0.2) is 21.0 Å². The van der Waals surface area contributed by atoms with Crippen molar-refractivity contribution in [3.05, 3.63) is 22.8 Å². The molecule has 0 aliphatic rings. The van der Waals surface area contributed by atoms with E-state index in [0.29, 0.717) is 11.4 Å². The van der Waals surface area contributed by atoms with Crippen molar-refractivity contribution in [2.75, 3.05) is 0 Å². The Morgan fingerprint density at radius 3 is 2.20 bits per heavy atom. The first-order chi connectivity index (χ1) is 7.06. The van der Waals surface area contributed by atoms with Gasteiger partial charge in [0.25, 0.3) is 0 Å². The van der Waals surface area contributed by atoms with Crippen LogP contribution in [0.15, 0.2) is 0 Å². The molecule has 1 rings (SSSR count). The number of carboxylic acids is 1. The molecule has 0 atom stereocenters. The summed E-state index contributed by atoms with van der Waals surface area (Å²) in [4.78, 5) is 19.3. The number of hydrogen-bond acceptors (Lipinski definition) is 3. The molecule has 0 aromatic carbocycles. The van der Waals surface area contributed by atoms with Crippen LogP contribution in [0.5, 0.6) is 0 Å². The Bertz CT molecular complexity index is 352. The van der Waals surface area contributed by atoms with Crippen molar-refractivity contribution in [1.29, 1.82) is 0 Å². The number of hydrogen-bond donors (Lipinski definition) is 1. The van der Waals surface area contributed by atoms with Crippen LogP contribution in [0.2, 0.25) is 0 Å². The van der Waals surface area contributed by atoms with Gasteiger partial charge in [0.05, 0.1) is 11.4 Å². The van der Waals surface area contributed by atoms with Crippen molar-refractivity contribution in [3.8, 4) is 0 Å². The van der Waals surface area contributed by atoms with Gasteiger partial charge in [-0.25, -0.2) is 14.8 Å². The number of nitrogens with zero attached hydrogens (tertiary/aromatic N) is 2. The fourth-order valence-corrected chi connectivity index (χ4v) is 1.54. The van der Waals surface area contributed by atoms with Crippen molar-refractivity contribution in [2.24, 2.45) is 0 Å². The Morgan fingerprint density at radius 1 is 1.27 bits per heavy atom. The van der Waals surface area contributed by atoms with Crippen LogP contribution >= 0.6 is 0 Å². The summed E-state index contributed by atoms with van der Waals surface area (Å²) in [6.07, 6.45) is 2.94. The lowest BCUT2D eigenvalue weighted by Gasteiger charge is -2.06. The molecule has 0 aliphatic carbocycles. The summed E-state index contributed by atoms with van der Waals surface area (Å²) in [5.41, 5.74) is 1.34. The van der Waals surface area contributed by atoms with Crippen LogP contribution in [0.4, 0.5) is 0 Å². The Labute approximate surface area is 89.4 Å². The van der Waals surface area contributed by atoms with E-state index in [1.807, 2.05) is 0 Å². The molecule has 4 heteroatoms. The number of carboxylic acid groups (broad SMARTS) is 1. The number of rotatable bonds is 4. The number of aromatic carboxylic acids is 1. The second kappa shape index (κ2) is 4.87. The van der Waals surface area contributed by atoms with Crippen molar-refractivity contribution in [2.45, 2.75) is 40.0 Å². The summed E-state index contributed by atoms with van der Waals surface area (Å²) in [6.45, 7) is 5.53. The summed E-state index contributed by atoms with van der Waals surface area (Å²) in [6, 6.07) is 0. The molecule has 0 fully saturated rings. The molecule has 1 heterocycles. The fourth-order valence-electron chi connectivity index (χ4n) is 1.54. The molecule has 0 unspecified atom stereocenters. The summed E-state index contributed by atoms with van der Waals surface area (Å²) in [5, 5.41) is 8.93. The first-order valence-electron chi connectivity index (χ1n) is 5.13. The molecule has 0 saturated heterocycles. The zero-order valence-corrected chi connectivity index (χ0v) is 9.37. The predicted molar refractivity (Wildman–Crippen MR) is 57.1 cm³/mol. The van der Waals surface area contributed by atoms with Crippen LogP contribution in [0.3, 0.4) is 0 Å². The van der Waals surface area contributed by atoms with Crippen LogP contribution in [0, 0.1) is 13.8 Å². The van der Waals surface area contributed by atoms with Crippen LogP contribution in [-0.2, 0) is 6.42 Å². The molecule has 82 valence electrons. The molecule has 0 spiro atoms. The Hall–Kier alpha value is -1.45. The molecule has 1 aromatic rings. The van der Waals surface area contributed by atoms with E-state index in [4.69, 9.17) is 5.11 Å². The highest BCUT2D eigenvalue weighted by Gasteiger charge is 2.14. The maximum Gasteiger partial charge on any atom is 0.339 e. The third kappa shape index (κ3) is 2.75. The number of unbranched alkanes of at least 4 members (excludes halogenated alkanes) is 1. The maximum absolute atomic E-state index is 10.9. The van der Waals surface area contributed by atoms with Gasteiger partial charge in [-0.3, -0.25) is 0 Å². The lowest BCUT2D eigenvalue weighted by Crippen LogP contribution is -2.10. The van der Waals surface area contributed by atoms with E-state index in [0.717, 1.165) is 25.1 Å². The van der Waals surface area contributed by atoms with E-state index >= 15 is 0 Å². The number of carbonyl (C=O) groups is 1. The molecule has 1 N–H and O–H groups in total. The maximum atomic E-state index is 10.9. The monoisotopic (exact) mass is 208 g/mol. The van der Waals surface area contributed by atoms with Crippen molar-refractivity contribution in [1.82, 2.24) is 9.97 Å². The van der Waals surface area contributed by atoms with Crippen LogP contribution in [0.1, 0.15) is 47.3 Å².